The van der Waals surface area contributed by atoms with E-state index in [1.807, 2.05) is 18.3 Å². The van der Waals surface area contributed by atoms with E-state index in [9.17, 15) is 4.79 Å². The number of carboxylic acids is 1. The van der Waals surface area contributed by atoms with E-state index in [0.29, 0.717) is 6.42 Å². The average Bonchev–Trinajstić information content (AvgIpc) is 2.64. The van der Waals surface area contributed by atoms with Crippen molar-refractivity contribution in [2.24, 2.45) is 0 Å². The molecule has 0 aliphatic carbocycles. The highest BCUT2D eigenvalue weighted by atomic mass is 16.4. The van der Waals surface area contributed by atoms with Gasteiger partial charge in [0.2, 0.25) is 0 Å². The summed E-state index contributed by atoms with van der Waals surface area (Å²) in [6, 6.07) is 3.83. The largest absolute Gasteiger partial charge is 0.481 e. The highest BCUT2D eigenvalue weighted by molar-refractivity contribution is 5.66. The quantitative estimate of drug-likeness (QED) is 0.812. The molecule has 2 heterocycles. The van der Waals surface area contributed by atoms with Gasteiger partial charge in [0.05, 0.1) is 0 Å². The van der Waals surface area contributed by atoms with Gasteiger partial charge in [-0.05, 0) is 24.5 Å². The van der Waals surface area contributed by atoms with Crippen LogP contribution in [0.4, 0.5) is 0 Å². The van der Waals surface area contributed by atoms with Crippen molar-refractivity contribution >= 4 is 11.6 Å². The van der Waals surface area contributed by atoms with Crippen molar-refractivity contribution in [3.63, 3.8) is 0 Å². The molecule has 0 saturated heterocycles. The fraction of sp³-hybridized carbons (Fsp3) is 0.300. The van der Waals surface area contributed by atoms with Crippen molar-refractivity contribution in [1.29, 1.82) is 0 Å². The smallest absolute Gasteiger partial charge is 0.303 e. The van der Waals surface area contributed by atoms with Crippen molar-refractivity contribution in [3.8, 4) is 0 Å². The standard InChI is InChI=1S/C10H11N3O2/c14-10(15)3-1-2-8-4-5-9-11-7-12-13(9)6-8/h4-7H,1-3H2,(H,14,15). The van der Waals surface area contributed by atoms with Crippen LogP contribution in [0.15, 0.2) is 24.7 Å². The molecule has 0 radical (unpaired) electrons. The van der Waals surface area contributed by atoms with Crippen molar-refractivity contribution in [2.75, 3.05) is 0 Å². The van der Waals surface area contributed by atoms with Crippen molar-refractivity contribution in [3.05, 3.63) is 30.2 Å². The summed E-state index contributed by atoms with van der Waals surface area (Å²) < 4.78 is 1.69. The van der Waals surface area contributed by atoms with E-state index < -0.39 is 5.97 Å². The lowest BCUT2D eigenvalue weighted by molar-refractivity contribution is -0.137. The van der Waals surface area contributed by atoms with Crippen molar-refractivity contribution < 1.29 is 9.90 Å². The van der Waals surface area contributed by atoms with E-state index in [2.05, 4.69) is 10.1 Å². The number of carbonyl (C=O) groups is 1. The molecule has 0 saturated carbocycles. The van der Waals surface area contributed by atoms with E-state index in [0.717, 1.165) is 17.6 Å². The summed E-state index contributed by atoms with van der Waals surface area (Å²) in [7, 11) is 0. The molecule has 78 valence electrons. The Kier molecular flexibility index (Phi) is 2.62. The number of fused-ring (bicyclic) bond motifs is 1. The average molecular weight is 205 g/mol. The maximum Gasteiger partial charge on any atom is 0.303 e. The maximum atomic E-state index is 10.3. The highest BCUT2D eigenvalue weighted by Gasteiger charge is 2.00. The number of hydrogen-bond acceptors (Lipinski definition) is 3. The van der Waals surface area contributed by atoms with Gasteiger partial charge in [0, 0.05) is 12.6 Å². The number of aliphatic carboxylic acids is 1. The van der Waals surface area contributed by atoms with Crippen LogP contribution in [0.5, 0.6) is 0 Å². The zero-order valence-electron chi connectivity index (χ0n) is 8.13. The van der Waals surface area contributed by atoms with Crippen LogP contribution in [0.1, 0.15) is 18.4 Å². The number of pyridine rings is 1. The van der Waals surface area contributed by atoms with Gasteiger partial charge >= 0.3 is 5.97 Å². The maximum absolute atomic E-state index is 10.3. The van der Waals surface area contributed by atoms with Gasteiger partial charge in [-0.25, -0.2) is 9.50 Å². The molecule has 0 aliphatic rings. The number of aryl methyl sites for hydroxylation is 1. The monoisotopic (exact) mass is 205 g/mol. The predicted octanol–water partition coefficient (Wildman–Crippen LogP) is 1.14. The fourth-order valence-electron chi connectivity index (χ4n) is 1.45. The van der Waals surface area contributed by atoms with Gasteiger partial charge in [0.1, 0.15) is 6.33 Å². The van der Waals surface area contributed by atoms with Gasteiger partial charge in [0.15, 0.2) is 5.65 Å². The molecule has 0 fully saturated rings. The Morgan fingerprint density at radius 3 is 3.13 bits per heavy atom. The molecule has 2 aromatic heterocycles. The number of rotatable bonds is 4. The summed E-state index contributed by atoms with van der Waals surface area (Å²) in [6.45, 7) is 0. The molecule has 0 unspecified atom stereocenters. The molecule has 2 aromatic rings. The second kappa shape index (κ2) is 4.08. The predicted molar refractivity (Wildman–Crippen MR) is 53.6 cm³/mol. The lowest BCUT2D eigenvalue weighted by Crippen LogP contribution is -1.97. The molecule has 1 N–H and O–H groups in total. The van der Waals surface area contributed by atoms with Crippen LogP contribution < -0.4 is 0 Å². The molecule has 0 spiro atoms. The molecular weight excluding hydrogens is 194 g/mol. The third-order valence-electron chi connectivity index (χ3n) is 2.19. The molecule has 0 aliphatic heterocycles. The first-order valence-electron chi connectivity index (χ1n) is 4.76. The van der Waals surface area contributed by atoms with Crippen molar-refractivity contribution in [1.82, 2.24) is 14.6 Å². The summed E-state index contributed by atoms with van der Waals surface area (Å²) in [4.78, 5) is 14.4. The topological polar surface area (TPSA) is 67.5 Å². The van der Waals surface area contributed by atoms with Crippen LogP contribution in [0.2, 0.25) is 0 Å². The van der Waals surface area contributed by atoms with Gasteiger partial charge < -0.3 is 5.11 Å². The first-order chi connectivity index (χ1) is 7.25. The van der Waals surface area contributed by atoms with E-state index in [-0.39, 0.29) is 6.42 Å². The van der Waals surface area contributed by atoms with Crippen LogP contribution >= 0.6 is 0 Å². The van der Waals surface area contributed by atoms with Gasteiger partial charge in [-0.15, -0.1) is 0 Å². The molecule has 5 nitrogen and oxygen atoms in total. The Morgan fingerprint density at radius 1 is 1.47 bits per heavy atom. The van der Waals surface area contributed by atoms with E-state index in [1.54, 1.807) is 4.52 Å². The van der Waals surface area contributed by atoms with Gasteiger partial charge in [-0.3, -0.25) is 4.79 Å². The Hall–Kier alpha value is -1.91. The molecule has 0 amide bonds. The van der Waals surface area contributed by atoms with Crippen LogP contribution in [-0.2, 0) is 11.2 Å². The second-order valence-electron chi connectivity index (χ2n) is 3.35. The first-order valence-corrected chi connectivity index (χ1v) is 4.76. The van der Waals surface area contributed by atoms with Gasteiger partial charge in [-0.2, -0.15) is 5.10 Å². The lowest BCUT2D eigenvalue weighted by atomic mass is 10.1. The molecule has 15 heavy (non-hydrogen) atoms. The van der Waals surface area contributed by atoms with Gasteiger partial charge in [0.25, 0.3) is 0 Å². The van der Waals surface area contributed by atoms with Crippen LogP contribution in [0, 0.1) is 0 Å². The summed E-state index contributed by atoms with van der Waals surface area (Å²) >= 11 is 0. The number of carboxylic acid groups (broad SMARTS) is 1. The van der Waals surface area contributed by atoms with Crippen molar-refractivity contribution in [2.45, 2.75) is 19.3 Å². The molecule has 5 heteroatoms. The normalized spacial score (nSPS) is 10.7. The molecular formula is C10H11N3O2. The zero-order valence-corrected chi connectivity index (χ0v) is 8.13. The minimum Gasteiger partial charge on any atom is -0.481 e. The number of nitrogens with zero attached hydrogens (tertiary/aromatic N) is 3. The Morgan fingerprint density at radius 2 is 2.33 bits per heavy atom. The van der Waals surface area contributed by atoms with Crippen LogP contribution in [-0.4, -0.2) is 25.7 Å². The summed E-state index contributed by atoms with van der Waals surface area (Å²) in [5.74, 6) is -0.753. The Labute approximate surface area is 86.4 Å². The van der Waals surface area contributed by atoms with E-state index in [4.69, 9.17) is 5.11 Å². The summed E-state index contributed by atoms with van der Waals surface area (Å²) in [6.07, 6.45) is 4.98. The minimum absolute atomic E-state index is 0.204. The van der Waals surface area contributed by atoms with Gasteiger partial charge in [-0.1, -0.05) is 6.07 Å². The minimum atomic E-state index is -0.753. The Bertz CT molecular complexity index is 478. The van der Waals surface area contributed by atoms with E-state index >= 15 is 0 Å². The molecule has 0 aromatic carbocycles. The van der Waals surface area contributed by atoms with Crippen LogP contribution in [0.25, 0.3) is 5.65 Å². The molecule has 2 rings (SSSR count). The summed E-state index contributed by atoms with van der Waals surface area (Å²) in [5.41, 5.74) is 1.88. The number of aromatic nitrogens is 3. The third-order valence-corrected chi connectivity index (χ3v) is 2.19. The van der Waals surface area contributed by atoms with Crippen LogP contribution in [0.3, 0.4) is 0 Å². The number of hydrogen-bond donors (Lipinski definition) is 1. The van der Waals surface area contributed by atoms with E-state index in [1.165, 1.54) is 6.33 Å². The third kappa shape index (κ3) is 2.31. The molecule has 0 bridgehead atoms. The highest BCUT2D eigenvalue weighted by Crippen LogP contribution is 2.06. The second-order valence-corrected chi connectivity index (χ2v) is 3.35. The SMILES string of the molecule is O=C(O)CCCc1ccc2ncnn2c1. The fourth-order valence-corrected chi connectivity index (χ4v) is 1.45. The summed E-state index contributed by atoms with van der Waals surface area (Å²) in [5, 5.41) is 12.5. The lowest BCUT2D eigenvalue weighted by Gasteiger charge is -1.99. The zero-order chi connectivity index (χ0) is 10.7. The molecule has 0 atom stereocenters. The first kappa shape index (κ1) is 9.64. The Balaban J connectivity index is 2.04.